The van der Waals surface area contributed by atoms with Gasteiger partial charge in [-0.05, 0) is 24.4 Å². The van der Waals surface area contributed by atoms with Crippen LogP contribution >= 0.6 is 0 Å². The Balaban J connectivity index is 2.12. The highest BCUT2D eigenvalue weighted by Crippen LogP contribution is 2.23. The van der Waals surface area contributed by atoms with Gasteiger partial charge in [-0.1, -0.05) is 35.4 Å². The smallest absolute Gasteiger partial charge is 0.232 e. The minimum atomic E-state index is -0.529. The molecule has 1 aromatic carbocycles. The van der Waals surface area contributed by atoms with Gasteiger partial charge in [0, 0.05) is 17.5 Å². The summed E-state index contributed by atoms with van der Waals surface area (Å²) in [5.41, 5.74) is 9.49. The number of azide groups is 1. The zero-order valence-corrected chi connectivity index (χ0v) is 9.65. The maximum atomic E-state index is 12.0. The van der Waals surface area contributed by atoms with Crippen molar-refractivity contribution in [2.75, 3.05) is 0 Å². The number of benzene rings is 1. The molecule has 2 atom stereocenters. The number of carbonyl (C=O) groups is 1. The highest BCUT2D eigenvalue weighted by molar-refractivity contribution is 5.84. The van der Waals surface area contributed by atoms with Gasteiger partial charge in [-0.15, -0.1) is 0 Å². The van der Waals surface area contributed by atoms with Gasteiger partial charge < -0.3 is 4.90 Å². The summed E-state index contributed by atoms with van der Waals surface area (Å²) in [4.78, 5) is 16.5. The first-order valence-corrected chi connectivity index (χ1v) is 5.61. The van der Waals surface area contributed by atoms with Crippen molar-refractivity contribution in [2.24, 2.45) is 5.11 Å². The molecule has 1 amide bonds. The topological polar surface area (TPSA) is 69.1 Å². The molecule has 1 fully saturated rings. The van der Waals surface area contributed by atoms with Crippen LogP contribution < -0.4 is 0 Å². The van der Waals surface area contributed by atoms with E-state index in [0.29, 0.717) is 13.0 Å². The highest BCUT2D eigenvalue weighted by Gasteiger charge is 2.36. The minimum Gasteiger partial charge on any atom is -0.335 e. The molecule has 0 radical (unpaired) electrons. The molecule has 0 N–H and O–H groups in total. The van der Waals surface area contributed by atoms with Gasteiger partial charge in [0.1, 0.15) is 6.04 Å². The fourth-order valence-electron chi connectivity index (χ4n) is 2.13. The van der Waals surface area contributed by atoms with Crippen LogP contribution in [0.3, 0.4) is 0 Å². The molecule has 1 aliphatic rings. The molecule has 1 aromatic rings. The predicted octanol–water partition coefficient (Wildman–Crippen LogP) is 2.49. The van der Waals surface area contributed by atoms with Crippen LogP contribution in [0, 0.1) is 0 Å². The van der Waals surface area contributed by atoms with E-state index in [1.54, 1.807) is 4.90 Å². The molecule has 0 aliphatic carbocycles. The summed E-state index contributed by atoms with van der Waals surface area (Å²) in [6.07, 6.45) is 0.607. The number of carbonyl (C=O) groups excluding carboxylic acids is 1. The number of nitrogens with zero attached hydrogens (tertiary/aromatic N) is 4. The summed E-state index contributed by atoms with van der Waals surface area (Å²) in [6.45, 7) is 2.56. The number of likely N-dealkylation sites (tertiary alicyclic amines) is 1. The van der Waals surface area contributed by atoms with Crippen LogP contribution in [0.5, 0.6) is 0 Å². The third-order valence-corrected chi connectivity index (χ3v) is 3.05. The standard InChI is InChI=1S/C12H14N4O/c1-9-7-11(14-15-13)12(17)16(9)8-10-5-3-2-4-6-10/h2-6,9,11H,7-8H2,1H3. The molecule has 17 heavy (non-hydrogen) atoms. The quantitative estimate of drug-likeness (QED) is 0.446. The van der Waals surface area contributed by atoms with E-state index in [4.69, 9.17) is 5.53 Å². The molecular weight excluding hydrogens is 216 g/mol. The van der Waals surface area contributed by atoms with Crippen LogP contribution in [0.25, 0.3) is 10.4 Å². The Hall–Kier alpha value is -2.00. The average molecular weight is 230 g/mol. The van der Waals surface area contributed by atoms with Gasteiger partial charge in [0.05, 0.1) is 0 Å². The van der Waals surface area contributed by atoms with E-state index >= 15 is 0 Å². The van der Waals surface area contributed by atoms with Gasteiger partial charge in [-0.3, -0.25) is 4.79 Å². The number of rotatable bonds is 3. The third kappa shape index (κ3) is 2.40. The van der Waals surface area contributed by atoms with Crippen LogP contribution in [0.2, 0.25) is 0 Å². The van der Waals surface area contributed by atoms with Crippen molar-refractivity contribution in [2.45, 2.75) is 32.0 Å². The molecule has 1 saturated heterocycles. The molecule has 0 spiro atoms. The molecule has 0 saturated carbocycles. The summed E-state index contributed by atoms with van der Waals surface area (Å²) in [6, 6.07) is 9.41. The second-order valence-electron chi connectivity index (χ2n) is 4.26. The summed E-state index contributed by atoms with van der Waals surface area (Å²) in [5, 5.41) is 3.54. The molecule has 0 bridgehead atoms. The summed E-state index contributed by atoms with van der Waals surface area (Å²) >= 11 is 0. The third-order valence-electron chi connectivity index (χ3n) is 3.05. The number of hydrogen-bond acceptors (Lipinski definition) is 2. The van der Waals surface area contributed by atoms with E-state index in [-0.39, 0.29) is 11.9 Å². The lowest BCUT2D eigenvalue weighted by Gasteiger charge is -2.21. The maximum Gasteiger partial charge on any atom is 0.232 e. The second kappa shape index (κ2) is 4.89. The van der Waals surface area contributed by atoms with E-state index < -0.39 is 6.04 Å². The van der Waals surface area contributed by atoms with Crippen molar-refractivity contribution in [1.82, 2.24) is 4.90 Å². The van der Waals surface area contributed by atoms with Crippen molar-refractivity contribution in [3.8, 4) is 0 Å². The van der Waals surface area contributed by atoms with E-state index in [2.05, 4.69) is 10.0 Å². The summed E-state index contributed by atoms with van der Waals surface area (Å²) in [5.74, 6) is -0.0702. The van der Waals surface area contributed by atoms with Gasteiger partial charge in [0.25, 0.3) is 0 Å². The van der Waals surface area contributed by atoms with E-state index in [9.17, 15) is 4.79 Å². The van der Waals surface area contributed by atoms with Gasteiger partial charge in [0.15, 0.2) is 0 Å². The lowest BCUT2D eigenvalue weighted by Crippen LogP contribution is -2.32. The Morgan fingerprint density at radius 3 is 2.82 bits per heavy atom. The van der Waals surface area contributed by atoms with Gasteiger partial charge in [0.2, 0.25) is 5.91 Å². The molecule has 2 unspecified atom stereocenters. The maximum absolute atomic E-state index is 12.0. The van der Waals surface area contributed by atoms with Crippen LogP contribution in [0.4, 0.5) is 0 Å². The highest BCUT2D eigenvalue weighted by atomic mass is 16.2. The molecule has 5 nitrogen and oxygen atoms in total. The lowest BCUT2D eigenvalue weighted by molar-refractivity contribution is -0.130. The van der Waals surface area contributed by atoms with Crippen LogP contribution in [-0.4, -0.2) is 22.9 Å². The second-order valence-corrected chi connectivity index (χ2v) is 4.26. The zero-order chi connectivity index (χ0) is 12.3. The van der Waals surface area contributed by atoms with Gasteiger partial charge >= 0.3 is 0 Å². The largest absolute Gasteiger partial charge is 0.335 e. The SMILES string of the molecule is CC1CC(N=[N+]=[N-])C(=O)N1Cc1ccccc1. The zero-order valence-electron chi connectivity index (χ0n) is 9.65. The summed E-state index contributed by atoms with van der Waals surface area (Å²) < 4.78 is 0. The number of hydrogen-bond donors (Lipinski definition) is 0. The van der Waals surface area contributed by atoms with Crippen LogP contribution in [-0.2, 0) is 11.3 Å². The lowest BCUT2D eigenvalue weighted by atomic mass is 10.2. The molecule has 88 valence electrons. The van der Waals surface area contributed by atoms with Crippen LogP contribution in [0.15, 0.2) is 35.4 Å². The fourth-order valence-corrected chi connectivity index (χ4v) is 2.13. The van der Waals surface area contributed by atoms with Gasteiger partial charge in [-0.2, -0.15) is 0 Å². The first kappa shape index (κ1) is 11.5. The Morgan fingerprint density at radius 1 is 1.47 bits per heavy atom. The Morgan fingerprint density at radius 2 is 2.18 bits per heavy atom. The predicted molar refractivity (Wildman–Crippen MR) is 64.0 cm³/mol. The van der Waals surface area contributed by atoms with Crippen LogP contribution in [0.1, 0.15) is 18.9 Å². The van der Waals surface area contributed by atoms with Gasteiger partial charge in [-0.25, -0.2) is 0 Å². The average Bonchev–Trinajstić information content (AvgIpc) is 2.59. The molecule has 2 rings (SSSR count). The van der Waals surface area contributed by atoms with Crippen molar-refractivity contribution in [3.63, 3.8) is 0 Å². The van der Waals surface area contributed by atoms with Crippen molar-refractivity contribution in [1.29, 1.82) is 0 Å². The van der Waals surface area contributed by atoms with E-state index in [1.165, 1.54) is 0 Å². The number of amides is 1. The molecule has 1 heterocycles. The monoisotopic (exact) mass is 230 g/mol. The first-order valence-electron chi connectivity index (χ1n) is 5.61. The molecule has 1 aliphatic heterocycles. The Labute approximate surface area is 99.7 Å². The van der Waals surface area contributed by atoms with Crippen molar-refractivity contribution in [3.05, 3.63) is 46.3 Å². The normalized spacial score (nSPS) is 23.6. The fraction of sp³-hybridized carbons (Fsp3) is 0.417. The Bertz CT molecular complexity index is 453. The minimum absolute atomic E-state index is 0.0702. The van der Waals surface area contributed by atoms with E-state index in [0.717, 1.165) is 5.56 Å². The molecular formula is C12H14N4O. The molecule has 0 aromatic heterocycles. The first-order chi connectivity index (χ1) is 8.22. The van der Waals surface area contributed by atoms with Crippen molar-refractivity contribution >= 4 is 5.91 Å². The van der Waals surface area contributed by atoms with E-state index in [1.807, 2.05) is 37.3 Å². The summed E-state index contributed by atoms with van der Waals surface area (Å²) in [7, 11) is 0. The Kier molecular flexibility index (Phi) is 3.30. The van der Waals surface area contributed by atoms with Crippen molar-refractivity contribution < 1.29 is 4.79 Å². The molecule has 5 heteroatoms.